The average molecular weight is 289 g/mol. The third-order valence-corrected chi connectivity index (χ3v) is 4.04. The Morgan fingerprint density at radius 3 is 2.79 bits per heavy atom. The fourth-order valence-electron chi connectivity index (χ4n) is 1.85. The van der Waals surface area contributed by atoms with E-state index < -0.39 is 22.5 Å². The lowest BCUT2D eigenvalue weighted by atomic mass is 10.1. The van der Waals surface area contributed by atoms with Crippen molar-refractivity contribution in [3.05, 3.63) is 29.6 Å². The van der Waals surface area contributed by atoms with Crippen molar-refractivity contribution in [1.29, 1.82) is 0 Å². The highest BCUT2D eigenvalue weighted by Crippen LogP contribution is 2.44. The molecule has 1 aliphatic rings. The second-order valence-electron chi connectivity index (χ2n) is 4.40. The number of anilines is 1. The minimum absolute atomic E-state index is 0.206. The molecule has 0 unspecified atom stereocenters. The Balaban J connectivity index is 1.98. The van der Waals surface area contributed by atoms with Crippen LogP contribution in [0.2, 0.25) is 0 Å². The molecule has 0 saturated heterocycles. The highest BCUT2D eigenvalue weighted by atomic mass is 32.2. The van der Waals surface area contributed by atoms with Crippen LogP contribution in [0.25, 0.3) is 0 Å². The van der Waals surface area contributed by atoms with Crippen LogP contribution in [0.5, 0.6) is 0 Å². The SMILES string of the molecule is O=S(=O)(CCO)OCNc1cccc(F)c1C1CC1. The molecule has 106 valence electrons. The Morgan fingerprint density at radius 2 is 2.16 bits per heavy atom. The first-order valence-electron chi connectivity index (χ1n) is 6.04. The number of hydrogen-bond acceptors (Lipinski definition) is 5. The number of rotatable bonds is 7. The monoisotopic (exact) mass is 289 g/mol. The van der Waals surface area contributed by atoms with Crippen molar-refractivity contribution in [3.63, 3.8) is 0 Å². The molecule has 2 N–H and O–H groups in total. The van der Waals surface area contributed by atoms with Gasteiger partial charge in [-0.3, -0.25) is 0 Å². The minimum Gasteiger partial charge on any atom is -0.395 e. The summed E-state index contributed by atoms with van der Waals surface area (Å²) in [6.45, 7) is -0.763. The van der Waals surface area contributed by atoms with Gasteiger partial charge in [-0.25, -0.2) is 8.57 Å². The fraction of sp³-hybridized carbons (Fsp3) is 0.500. The van der Waals surface area contributed by atoms with Gasteiger partial charge in [0.1, 0.15) is 12.5 Å². The Kier molecular flexibility index (Phi) is 4.38. The van der Waals surface area contributed by atoms with E-state index in [1.807, 2.05) is 0 Å². The molecule has 0 radical (unpaired) electrons. The van der Waals surface area contributed by atoms with E-state index in [0.29, 0.717) is 11.3 Å². The minimum atomic E-state index is -3.74. The van der Waals surface area contributed by atoms with Crippen molar-refractivity contribution in [3.8, 4) is 0 Å². The van der Waals surface area contributed by atoms with Gasteiger partial charge in [0.25, 0.3) is 10.1 Å². The molecule has 1 aromatic rings. The molecular weight excluding hydrogens is 273 g/mol. The van der Waals surface area contributed by atoms with Crippen molar-refractivity contribution in [1.82, 2.24) is 0 Å². The maximum Gasteiger partial charge on any atom is 0.271 e. The van der Waals surface area contributed by atoms with Gasteiger partial charge in [0.05, 0.1) is 12.4 Å². The molecule has 1 saturated carbocycles. The predicted molar refractivity (Wildman–Crippen MR) is 68.8 cm³/mol. The lowest BCUT2D eigenvalue weighted by Gasteiger charge is -2.12. The van der Waals surface area contributed by atoms with Crippen molar-refractivity contribution in [2.75, 3.05) is 24.4 Å². The molecular formula is C12H16FNO4S. The maximum absolute atomic E-state index is 13.7. The van der Waals surface area contributed by atoms with Gasteiger partial charge in [0, 0.05) is 11.3 Å². The fourth-order valence-corrected chi connectivity index (χ4v) is 2.43. The lowest BCUT2D eigenvalue weighted by molar-refractivity contribution is 0.300. The summed E-state index contributed by atoms with van der Waals surface area (Å²) in [5.74, 6) is -0.531. The first-order chi connectivity index (χ1) is 9.03. The van der Waals surface area contributed by atoms with Crippen molar-refractivity contribution in [2.45, 2.75) is 18.8 Å². The standard InChI is InChI=1S/C12H16FNO4S/c13-10-2-1-3-11(12(10)9-4-5-9)14-8-18-19(16,17)7-6-15/h1-3,9,14-15H,4-8H2. The van der Waals surface area contributed by atoms with E-state index >= 15 is 0 Å². The molecule has 1 aliphatic carbocycles. The Bertz CT molecular complexity index is 543. The van der Waals surface area contributed by atoms with Crippen LogP contribution in [0.3, 0.4) is 0 Å². The molecule has 0 heterocycles. The van der Waals surface area contributed by atoms with Gasteiger partial charge in [0.2, 0.25) is 0 Å². The summed E-state index contributed by atoms with van der Waals surface area (Å²) in [6.07, 6.45) is 1.89. The molecule has 19 heavy (non-hydrogen) atoms. The number of hydrogen-bond donors (Lipinski definition) is 2. The van der Waals surface area contributed by atoms with E-state index in [0.717, 1.165) is 12.8 Å². The van der Waals surface area contributed by atoms with Gasteiger partial charge in [0.15, 0.2) is 0 Å². The summed E-state index contributed by atoms with van der Waals surface area (Å²) in [7, 11) is -3.74. The zero-order valence-electron chi connectivity index (χ0n) is 10.3. The third kappa shape index (κ3) is 3.89. The largest absolute Gasteiger partial charge is 0.395 e. The molecule has 0 amide bonds. The molecule has 0 atom stereocenters. The van der Waals surface area contributed by atoms with Crippen molar-refractivity contribution < 1.29 is 22.1 Å². The maximum atomic E-state index is 13.7. The summed E-state index contributed by atoms with van der Waals surface area (Å²) in [5, 5.41) is 11.3. The van der Waals surface area contributed by atoms with E-state index in [1.54, 1.807) is 12.1 Å². The van der Waals surface area contributed by atoms with Gasteiger partial charge in [-0.15, -0.1) is 0 Å². The summed E-state index contributed by atoms with van der Waals surface area (Å²) in [5.41, 5.74) is 1.15. The lowest BCUT2D eigenvalue weighted by Crippen LogP contribution is -2.18. The summed E-state index contributed by atoms with van der Waals surface area (Å²) >= 11 is 0. The van der Waals surface area contributed by atoms with Crippen LogP contribution in [0.4, 0.5) is 10.1 Å². The van der Waals surface area contributed by atoms with E-state index in [-0.39, 0.29) is 18.5 Å². The molecule has 0 spiro atoms. The molecule has 0 bridgehead atoms. The van der Waals surface area contributed by atoms with Crippen LogP contribution >= 0.6 is 0 Å². The van der Waals surface area contributed by atoms with E-state index in [9.17, 15) is 12.8 Å². The third-order valence-electron chi connectivity index (χ3n) is 2.88. The molecule has 2 rings (SSSR count). The molecule has 7 heteroatoms. The second-order valence-corrected chi connectivity index (χ2v) is 6.16. The zero-order chi connectivity index (χ0) is 13.9. The van der Waals surface area contributed by atoms with E-state index in [4.69, 9.17) is 5.11 Å². The number of aliphatic hydroxyl groups excluding tert-OH is 1. The van der Waals surface area contributed by atoms with E-state index in [1.165, 1.54) is 6.07 Å². The van der Waals surface area contributed by atoms with Crippen LogP contribution < -0.4 is 5.32 Å². The second kappa shape index (κ2) is 5.85. The van der Waals surface area contributed by atoms with Crippen LogP contribution in [-0.2, 0) is 14.3 Å². The zero-order valence-corrected chi connectivity index (χ0v) is 11.1. The molecule has 5 nitrogen and oxygen atoms in total. The number of aliphatic hydroxyl groups is 1. The Labute approximate surface area is 111 Å². The molecule has 0 aliphatic heterocycles. The molecule has 1 aromatic carbocycles. The van der Waals surface area contributed by atoms with Gasteiger partial charge in [-0.2, -0.15) is 8.42 Å². The van der Waals surface area contributed by atoms with Crippen LogP contribution in [0.1, 0.15) is 24.3 Å². The summed E-state index contributed by atoms with van der Waals surface area (Å²) < 4.78 is 40.8. The van der Waals surface area contributed by atoms with Crippen LogP contribution in [0, 0.1) is 5.82 Å². The van der Waals surface area contributed by atoms with Crippen molar-refractivity contribution >= 4 is 15.8 Å². The smallest absolute Gasteiger partial charge is 0.271 e. The van der Waals surface area contributed by atoms with Gasteiger partial charge < -0.3 is 10.4 Å². The highest BCUT2D eigenvalue weighted by molar-refractivity contribution is 7.86. The number of benzene rings is 1. The first kappa shape index (κ1) is 14.2. The van der Waals surface area contributed by atoms with Crippen LogP contribution in [0.15, 0.2) is 18.2 Å². The van der Waals surface area contributed by atoms with Crippen LogP contribution in [-0.4, -0.2) is 32.6 Å². The molecule has 0 aromatic heterocycles. The Morgan fingerprint density at radius 1 is 1.42 bits per heavy atom. The highest BCUT2D eigenvalue weighted by Gasteiger charge is 2.29. The first-order valence-corrected chi connectivity index (χ1v) is 7.61. The van der Waals surface area contributed by atoms with Crippen molar-refractivity contribution in [2.24, 2.45) is 0 Å². The quantitative estimate of drug-likeness (QED) is 0.586. The average Bonchev–Trinajstić information content (AvgIpc) is 3.13. The van der Waals surface area contributed by atoms with Gasteiger partial charge in [-0.05, 0) is 30.9 Å². The topological polar surface area (TPSA) is 75.6 Å². The van der Waals surface area contributed by atoms with Gasteiger partial charge in [-0.1, -0.05) is 6.07 Å². The normalized spacial score (nSPS) is 15.5. The molecule has 1 fully saturated rings. The van der Waals surface area contributed by atoms with Gasteiger partial charge >= 0.3 is 0 Å². The predicted octanol–water partition coefficient (Wildman–Crippen LogP) is 1.41. The van der Waals surface area contributed by atoms with E-state index in [2.05, 4.69) is 9.50 Å². The summed E-state index contributed by atoms with van der Waals surface area (Å²) in [4.78, 5) is 0. The number of nitrogens with one attached hydrogen (secondary N) is 1. The number of halogens is 1. The summed E-state index contributed by atoms with van der Waals surface area (Å²) in [6, 6.07) is 4.65. The Hall–Kier alpha value is -1.18.